The van der Waals surface area contributed by atoms with Gasteiger partial charge >= 0.3 is 0 Å². The molecule has 0 atom stereocenters. The summed E-state index contributed by atoms with van der Waals surface area (Å²) in [7, 11) is 0. The third-order valence-electron chi connectivity index (χ3n) is 2.66. The van der Waals surface area contributed by atoms with Crippen molar-refractivity contribution in [1.29, 1.82) is 0 Å². The van der Waals surface area contributed by atoms with Gasteiger partial charge in [0.15, 0.2) is 0 Å². The second-order valence-electron chi connectivity index (χ2n) is 4.04. The Balaban J connectivity index is 2.05. The quantitative estimate of drug-likeness (QED) is 0.693. The maximum Gasteiger partial charge on any atom is 0.0187 e. The lowest BCUT2D eigenvalue weighted by Crippen LogP contribution is -2.13. The van der Waals surface area contributed by atoms with Crippen molar-refractivity contribution in [2.45, 2.75) is 32.4 Å². The third-order valence-corrected chi connectivity index (χ3v) is 3.75. The van der Waals surface area contributed by atoms with Gasteiger partial charge in [-0.1, -0.05) is 31.2 Å². The molecule has 1 aromatic rings. The van der Waals surface area contributed by atoms with Gasteiger partial charge in [-0.3, -0.25) is 0 Å². The molecule has 1 nitrogen and oxygen atoms in total. The zero-order chi connectivity index (χ0) is 11.6. The highest BCUT2D eigenvalue weighted by Crippen LogP contribution is 2.16. The average molecular weight is 237 g/mol. The van der Waals surface area contributed by atoms with E-state index in [0.717, 1.165) is 12.3 Å². The molecule has 0 heterocycles. The number of rotatable bonds is 8. The molecule has 0 fully saturated rings. The Morgan fingerprint density at radius 3 is 2.75 bits per heavy atom. The lowest BCUT2D eigenvalue weighted by molar-refractivity contribution is 0.666. The molecule has 0 aliphatic rings. The van der Waals surface area contributed by atoms with Gasteiger partial charge in [-0.25, -0.2) is 0 Å². The van der Waals surface area contributed by atoms with E-state index < -0.39 is 0 Å². The van der Waals surface area contributed by atoms with Gasteiger partial charge in [-0.2, -0.15) is 11.8 Å². The standard InChI is InChI=1S/C14H23NS/c1-3-15-10-6-7-11-16-12-14-9-5-4-8-13(14)2/h4-5,8-9,15H,3,6-7,10-12H2,1-2H3. The van der Waals surface area contributed by atoms with E-state index in [2.05, 4.69) is 55.2 Å². The van der Waals surface area contributed by atoms with Crippen molar-refractivity contribution in [3.8, 4) is 0 Å². The van der Waals surface area contributed by atoms with E-state index in [4.69, 9.17) is 0 Å². The zero-order valence-corrected chi connectivity index (χ0v) is 11.3. The van der Waals surface area contributed by atoms with Crippen LogP contribution in [0.3, 0.4) is 0 Å². The number of hydrogen-bond acceptors (Lipinski definition) is 2. The van der Waals surface area contributed by atoms with E-state index in [9.17, 15) is 0 Å². The summed E-state index contributed by atoms with van der Waals surface area (Å²) in [6, 6.07) is 8.68. The van der Waals surface area contributed by atoms with Crippen LogP contribution in [0.2, 0.25) is 0 Å². The number of benzene rings is 1. The van der Waals surface area contributed by atoms with Crippen LogP contribution in [0.4, 0.5) is 0 Å². The Morgan fingerprint density at radius 1 is 1.19 bits per heavy atom. The van der Waals surface area contributed by atoms with Crippen LogP contribution in [-0.4, -0.2) is 18.8 Å². The van der Waals surface area contributed by atoms with Crippen molar-refractivity contribution >= 4 is 11.8 Å². The Bertz CT molecular complexity index is 286. The molecule has 0 unspecified atom stereocenters. The van der Waals surface area contributed by atoms with Crippen molar-refractivity contribution in [2.24, 2.45) is 0 Å². The highest BCUT2D eigenvalue weighted by molar-refractivity contribution is 7.98. The smallest absolute Gasteiger partial charge is 0.0187 e. The molecule has 0 bridgehead atoms. The molecule has 0 spiro atoms. The minimum absolute atomic E-state index is 1.09. The summed E-state index contributed by atoms with van der Waals surface area (Å²) in [5.74, 6) is 2.44. The molecule has 1 aromatic carbocycles. The fraction of sp³-hybridized carbons (Fsp3) is 0.571. The van der Waals surface area contributed by atoms with Crippen molar-refractivity contribution in [1.82, 2.24) is 5.32 Å². The molecule has 0 aliphatic carbocycles. The predicted molar refractivity (Wildman–Crippen MR) is 75.1 cm³/mol. The van der Waals surface area contributed by atoms with Gasteiger partial charge in [0.1, 0.15) is 0 Å². The minimum Gasteiger partial charge on any atom is -0.317 e. The third kappa shape index (κ3) is 5.57. The van der Waals surface area contributed by atoms with Crippen LogP contribution in [0.5, 0.6) is 0 Å². The van der Waals surface area contributed by atoms with Crippen molar-refractivity contribution in [3.05, 3.63) is 35.4 Å². The molecule has 1 N–H and O–H groups in total. The average Bonchev–Trinajstić information content (AvgIpc) is 2.30. The Hall–Kier alpha value is -0.470. The first-order valence-electron chi connectivity index (χ1n) is 6.17. The maximum absolute atomic E-state index is 3.36. The van der Waals surface area contributed by atoms with Crippen LogP contribution in [0.1, 0.15) is 30.9 Å². The monoisotopic (exact) mass is 237 g/mol. The van der Waals surface area contributed by atoms with Gasteiger partial charge < -0.3 is 5.32 Å². The maximum atomic E-state index is 3.36. The minimum atomic E-state index is 1.09. The van der Waals surface area contributed by atoms with E-state index in [1.54, 1.807) is 0 Å². The fourth-order valence-electron chi connectivity index (χ4n) is 1.59. The number of nitrogens with one attached hydrogen (secondary N) is 1. The Kier molecular flexibility index (Phi) is 7.35. The molecule has 0 radical (unpaired) electrons. The molecule has 16 heavy (non-hydrogen) atoms. The summed E-state index contributed by atoms with van der Waals surface area (Å²) in [5, 5.41) is 3.36. The molecule has 0 aliphatic heterocycles. The molecular formula is C14H23NS. The molecule has 1 rings (SSSR count). The number of aryl methyl sites for hydroxylation is 1. The van der Waals surface area contributed by atoms with Crippen LogP contribution in [0.25, 0.3) is 0 Å². The second-order valence-corrected chi connectivity index (χ2v) is 5.14. The Morgan fingerprint density at radius 2 is 2.00 bits per heavy atom. The van der Waals surface area contributed by atoms with Crippen molar-refractivity contribution in [2.75, 3.05) is 18.8 Å². The van der Waals surface area contributed by atoms with Gasteiger partial charge in [-0.05, 0) is 49.7 Å². The molecule has 90 valence electrons. The number of thioether (sulfide) groups is 1. The molecule has 0 saturated carbocycles. The van der Waals surface area contributed by atoms with Gasteiger partial charge in [0, 0.05) is 5.75 Å². The van der Waals surface area contributed by atoms with E-state index in [1.807, 2.05) is 0 Å². The topological polar surface area (TPSA) is 12.0 Å². The van der Waals surface area contributed by atoms with Crippen molar-refractivity contribution in [3.63, 3.8) is 0 Å². The lowest BCUT2D eigenvalue weighted by Gasteiger charge is -2.05. The molecule has 2 heteroatoms. The Labute approximate surface area is 104 Å². The van der Waals surface area contributed by atoms with Gasteiger partial charge in [0.05, 0.1) is 0 Å². The highest BCUT2D eigenvalue weighted by atomic mass is 32.2. The summed E-state index contributed by atoms with van der Waals surface area (Å²) in [6.07, 6.45) is 2.62. The van der Waals surface area contributed by atoms with E-state index in [1.165, 1.54) is 36.3 Å². The first kappa shape index (κ1) is 13.6. The lowest BCUT2D eigenvalue weighted by atomic mass is 10.1. The second kappa shape index (κ2) is 8.66. The van der Waals surface area contributed by atoms with Crippen LogP contribution in [0, 0.1) is 6.92 Å². The summed E-state index contributed by atoms with van der Waals surface area (Å²) < 4.78 is 0. The largest absolute Gasteiger partial charge is 0.317 e. The summed E-state index contributed by atoms with van der Waals surface area (Å²) >= 11 is 2.05. The molecule has 0 saturated heterocycles. The van der Waals surface area contributed by atoms with Crippen molar-refractivity contribution < 1.29 is 0 Å². The first-order chi connectivity index (χ1) is 7.84. The summed E-state index contributed by atoms with van der Waals surface area (Å²) in [4.78, 5) is 0. The van der Waals surface area contributed by atoms with Gasteiger partial charge in [0.25, 0.3) is 0 Å². The normalized spacial score (nSPS) is 10.6. The highest BCUT2D eigenvalue weighted by Gasteiger charge is 1.96. The van der Waals surface area contributed by atoms with E-state index >= 15 is 0 Å². The molecule has 0 aromatic heterocycles. The fourth-order valence-corrected chi connectivity index (χ4v) is 2.68. The van der Waals surface area contributed by atoms with Gasteiger partial charge in [-0.15, -0.1) is 0 Å². The molecule has 0 amide bonds. The number of unbranched alkanes of at least 4 members (excludes halogenated alkanes) is 1. The SMILES string of the molecule is CCNCCCCSCc1ccccc1C. The summed E-state index contributed by atoms with van der Waals surface area (Å²) in [5.41, 5.74) is 2.90. The predicted octanol–water partition coefficient (Wildman–Crippen LogP) is 3.62. The van der Waals surface area contributed by atoms with E-state index in [-0.39, 0.29) is 0 Å². The van der Waals surface area contributed by atoms with Crippen LogP contribution >= 0.6 is 11.8 Å². The van der Waals surface area contributed by atoms with Crippen LogP contribution < -0.4 is 5.32 Å². The van der Waals surface area contributed by atoms with E-state index in [0.29, 0.717) is 0 Å². The molecular weight excluding hydrogens is 214 g/mol. The van der Waals surface area contributed by atoms with Gasteiger partial charge in [0.2, 0.25) is 0 Å². The zero-order valence-electron chi connectivity index (χ0n) is 10.5. The number of hydrogen-bond donors (Lipinski definition) is 1. The van der Waals surface area contributed by atoms with Crippen LogP contribution in [-0.2, 0) is 5.75 Å². The summed E-state index contributed by atoms with van der Waals surface area (Å²) in [6.45, 7) is 6.62. The first-order valence-corrected chi connectivity index (χ1v) is 7.33. The van der Waals surface area contributed by atoms with Crippen LogP contribution in [0.15, 0.2) is 24.3 Å².